The maximum absolute atomic E-state index is 10.4. The van der Waals surface area contributed by atoms with Crippen molar-refractivity contribution in [1.29, 1.82) is 0 Å². The Labute approximate surface area is 91.3 Å². The fraction of sp³-hybridized carbons (Fsp3) is 0.667. The average molecular weight is 236 g/mol. The van der Waals surface area contributed by atoms with E-state index in [9.17, 15) is 14.7 Å². The third-order valence-electron chi connectivity index (χ3n) is 1.48. The maximum atomic E-state index is 10.4. The Morgan fingerprint density at radius 2 is 1.56 bits per heavy atom. The summed E-state index contributed by atoms with van der Waals surface area (Å²) in [5, 5.41) is 18.4. The van der Waals surface area contributed by atoms with Crippen LogP contribution in [0, 0.1) is 0 Å². The van der Waals surface area contributed by atoms with Crippen molar-refractivity contribution >= 4 is 12.1 Å². The topological polar surface area (TPSA) is 175 Å². The minimum absolute atomic E-state index is 0.0238. The first-order chi connectivity index (χ1) is 7.39. The van der Waals surface area contributed by atoms with Crippen molar-refractivity contribution in [3.63, 3.8) is 0 Å². The molecule has 0 saturated heterocycles. The highest BCUT2D eigenvalue weighted by Gasteiger charge is 2.26. The molecule has 0 unspecified atom stereocenters. The van der Waals surface area contributed by atoms with Crippen molar-refractivity contribution in [2.45, 2.75) is 18.7 Å². The molecule has 0 aromatic carbocycles. The van der Waals surface area contributed by atoms with E-state index in [1.165, 1.54) is 0 Å². The van der Waals surface area contributed by atoms with Crippen LogP contribution in [0.15, 0.2) is 0 Å². The van der Waals surface area contributed by atoms with Gasteiger partial charge in [0.15, 0.2) is 0 Å². The number of aliphatic hydroxyl groups is 2. The molecular formula is C6H16N6O4. The van der Waals surface area contributed by atoms with Gasteiger partial charge in [-0.2, -0.15) is 10.9 Å². The van der Waals surface area contributed by atoms with Gasteiger partial charge in [-0.3, -0.25) is 10.9 Å². The minimum atomic E-state index is -1.87. The molecule has 10 heteroatoms. The molecule has 94 valence electrons. The highest BCUT2D eigenvalue weighted by Crippen LogP contribution is 2.02. The molecule has 0 rings (SSSR count). The summed E-state index contributed by atoms with van der Waals surface area (Å²) in [6.07, 6.45) is 0.182. The van der Waals surface area contributed by atoms with Gasteiger partial charge in [-0.25, -0.2) is 9.59 Å². The van der Waals surface area contributed by atoms with Gasteiger partial charge in [0.25, 0.3) is 0 Å². The molecule has 0 spiro atoms. The second kappa shape index (κ2) is 6.79. The van der Waals surface area contributed by atoms with Crippen LogP contribution in [-0.4, -0.2) is 34.7 Å². The first-order valence-electron chi connectivity index (χ1n) is 4.38. The molecule has 0 aliphatic heterocycles. The summed E-state index contributed by atoms with van der Waals surface area (Å²) < 4.78 is 0. The minimum Gasteiger partial charge on any atom is -0.396 e. The lowest BCUT2D eigenvalue weighted by Crippen LogP contribution is -2.67. The summed E-state index contributed by atoms with van der Waals surface area (Å²) in [4.78, 5) is 20.8. The Kier molecular flexibility index (Phi) is 6.10. The molecule has 0 aliphatic rings. The Morgan fingerprint density at radius 1 is 1.12 bits per heavy atom. The van der Waals surface area contributed by atoms with Gasteiger partial charge in [-0.1, -0.05) is 0 Å². The van der Waals surface area contributed by atoms with Crippen LogP contribution in [0.3, 0.4) is 0 Å². The standard InChI is InChI=1S/C6H16N6O4/c7-4(14)9-11-6(16,2-1-3-13)12-10-5(8)15/h11-13,16H,1-3H2,(H3,7,9,14)(H3,8,10,15). The van der Waals surface area contributed by atoms with Gasteiger partial charge in [0.1, 0.15) is 0 Å². The monoisotopic (exact) mass is 236 g/mol. The molecule has 0 fully saturated rings. The molecule has 0 aromatic heterocycles. The number of amides is 4. The third-order valence-corrected chi connectivity index (χ3v) is 1.48. The van der Waals surface area contributed by atoms with Crippen LogP contribution in [0.1, 0.15) is 12.8 Å². The number of hydrazine groups is 2. The summed E-state index contributed by atoms with van der Waals surface area (Å²) in [6.45, 7) is -0.182. The first-order valence-corrected chi connectivity index (χ1v) is 4.38. The average Bonchev–Trinajstić information content (AvgIpc) is 2.21. The van der Waals surface area contributed by atoms with Crippen LogP contribution in [0.25, 0.3) is 0 Å². The normalized spacial score (nSPS) is 10.9. The smallest absolute Gasteiger partial charge is 0.326 e. The number of nitrogens with two attached hydrogens (primary N) is 2. The summed E-state index contributed by atoms with van der Waals surface area (Å²) in [5.41, 5.74) is 17.6. The van der Waals surface area contributed by atoms with Crippen LogP contribution >= 0.6 is 0 Å². The highest BCUT2D eigenvalue weighted by atomic mass is 16.3. The van der Waals surface area contributed by atoms with Crippen molar-refractivity contribution in [3.8, 4) is 0 Å². The van der Waals surface area contributed by atoms with Gasteiger partial charge in [-0.05, 0) is 6.42 Å². The van der Waals surface area contributed by atoms with Gasteiger partial charge in [0.2, 0.25) is 5.85 Å². The Hall–Kier alpha value is -1.62. The van der Waals surface area contributed by atoms with Crippen molar-refractivity contribution in [1.82, 2.24) is 21.7 Å². The van der Waals surface area contributed by atoms with E-state index in [0.29, 0.717) is 0 Å². The lowest BCUT2D eigenvalue weighted by Gasteiger charge is -2.29. The van der Waals surface area contributed by atoms with Gasteiger partial charge in [0.05, 0.1) is 0 Å². The van der Waals surface area contributed by atoms with E-state index in [1.54, 1.807) is 0 Å². The number of urea groups is 2. The first kappa shape index (κ1) is 14.4. The van der Waals surface area contributed by atoms with Crippen molar-refractivity contribution in [2.75, 3.05) is 6.61 Å². The van der Waals surface area contributed by atoms with Crippen molar-refractivity contribution in [3.05, 3.63) is 0 Å². The van der Waals surface area contributed by atoms with Crippen LogP contribution in [0.2, 0.25) is 0 Å². The highest BCUT2D eigenvalue weighted by molar-refractivity contribution is 5.71. The number of hydrogen-bond acceptors (Lipinski definition) is 6. The second-order valence-corrected chi connectivity index (χ2v) is 2.92. The molecular weight excluding hydrogens is 220 g/mol. The second-order valence-electron chi connectivity index (χ2n) is 2.92. The van der Waals surface area contributed by atoms with E-state index in [-0.39, 0.29) is 19.4 Å². The van der Waals surface area contributed by atoms with E-state index < -0.39 is 17.9 Å². The molecule has 4 amide bonds. The SMILES string of the molecule is NC(=O)NNC(O)(CCCO)NNC(N)=O. The Bertz CT molecular complexity index is 229. The fourth-order valence-corrected chi connectivity index (χ4v) is 0.821. The van der Waals surface area contributed by atoms with E-state index in [0.717, 1.165) is 0 Å². The molecule has 16 heavy (non-hydrogen) atoms. The number of rotatable bonds is 7. The number of carbonyl (C=O) groups excluding carboxylic acids is 2. The molecule has 0 saturated carbocycles. The molecule has 0 aliphatic carbocycles. The van der Waals surface area contributed by atoms with E-state index >= 15 is 0 Å². The lowest BCUT2D eigenvalue weighted by molar-refractivity contribution is -0.0561. The number of nitrogens with one attached hydrogen (secondary N) is 4. The Balaban J connectivity index is 4.22. The summed E-state index contributed by atoms with van der Waals surface area (Å²) in [6, 6.07) is -1.86. The number of aliphatic hydroxyl groups excluding tert-OH is 1. The zero-order valence-electron chi connectivity index (χ0n) is 8.49. The van der Waals surface area contributed by atoms with Crippen LogP contribution in [0.4, 0.5) is 9.59 Å². The predicted molar refractivity (Wildman–Crippen MR) is 53.0 cm³/mol. The number of hydrogen-bond donors (Lipinski definition) is 8. The van der Waals surface area contributed by atoms with E-state index in [2.05, 4.69) is 10.9 Å². The molecule has 0 heterocycles. The zero-order chi connectivity index (χ0) is 12.6. The number of primary amides is 2. The van der Waals surface area contributed by atoms with E-state index in [4.69, 9.17) is 16.6 Å². The lowest BCUT2D eigenvalue weighted by atomic mass is 10.2. The van der Waals surface area contributed by atoms with Crippen LogP contribution in [-0.2, 0) is 0 Å². The third kappa shape index (κ3) is 6.78. The zero-order valence-corrected chi connectivity index (χ0v) is 8.49. The van der Waals surface area contributed by atoms with Gasteiger partial charge in [0, 0.05) is 13.0 Å². The predicted octanol–water partition coefficient (Wildman–Crippen LogP) is -3.25. The maximum Gasteiger partial charge on any atom is 0.326 e. The summed E-state index contributed by atoms with van der Waals surface area (Å²) >= 11 is 0. The van der Waals surface area contributed by atoms with Crippen LogP contribution < -0.4 is 33.2 Å². The fourth-order valence-electron chi connectivity index (χ4n) is 0.821. The number of carbonyl (C=O) groups is 2. The molecule has 0 bridgehead atoms. The summed E-state index contributed by atoms with van der Waals surface area (Å²) in [5.74, 6) is -1.87. The molecule has 10 nitrogen and oxygen atoms in total. The van der Waals surface area contributed by atoms with Crippen molar-refractivity contribution in [2.24, 2.45) is 11.5 Å². The quantitative estimate of drug-likeness (QED) is 0.170. The molecule has 10 N–H and O–H groups in total. The summed E-state index contributed by atoms with van der Waals surface area (Å²) in [7, 11) is 0. The van der Waals surface area contributed by atoms with Crippen molar-refractivity contribution < 1.29 is 19.8 Å². The molecule has 0 atom stereocenters. The molecule has 0 radical (unpaired) electrons. The largest absolute Gasteiger partial charge is 0.396 e. The molecule has 0 aromatic rings. The van der Waals surface area contributed by atoms with Crippen LogP contribution in [0.5, 0.6) is 0 Å². The van der Waals surface area contributed by atoms with Gasteiger partial charge >= 0.3 is 12.1 Å². The van der Waals surface area contributed by atoms with Gasteiger partial charge in [-0.15, -0.1) is 0 Å². The van der Waals surface area contributed by atoms with Gasteiger partial charge < -0.3 is 21.7 Å². The van der Waals surface area contributed by atoms with E-state index in [1.807, 2.05) is 10.9 Å². The Morgan fingerprint density at radius 3 is 1.88 bits per heavy atom.